The van der Waals surface area contributed by atoms with Gasteiger partial charge in [-0.1, -0.05) is 19.1 Å². The topological polar surface area (TPSA) is 65.2 Å². The Hall–Kier alpha value is -1.46. The fourth-order valence-corrected chi connectivity index (χ4v) is 3.32. The van der Waals surface area contributed by atoms with Crippen molar-refractivity contribution >= 4 is 27.5 Å². The lowest BCUT2D eigenvalue weighted by Gasteiger charge is -2.27. The molecule has 0 aliphatic heterocycles. The highest BCUT2D eigenvalue weighted by molar-refractivity contribution is 7.18. The first-order chi connectivity index (χ1) is 9.65. The number of fused-ring (bicyclic) bond motifs is 1. The molecule has 0 amide bonds. The minimum Gasteiger partial charge on any atom is -0.466 e. The van der Waals surface area contributed by atoms with Gasteiger partial charge < -0.3 is 10.5 Å². The number of ether oxygens (including phenoxy) is 1. The van der Waals surface area contributed by atoms with E-state index in [1.54, 1.807) is 11.3 Å². The molecule has 5 heteroatoms. The summed E-state index contributed by atoms with van der Waals surface area (Å²) in [5.74, 6) is -0.218. The van der Waals surface area contributed by atoms with Crippen LogP contribution in [0.2, 0.25) is 0 Å². The molecule has 1 unspecified atom stereocenters. The molecule has 0 radical (unpaired) electrons. The zero-order valence-electron chi connectivity index (χ0n) is 11.9. The fourth-order valence-electron chi connectivity index (χ4n) is 2.21. The summed E-state index contributed by atoms with van der Waals surface area (Å²) in [5, 5.41) is 0.937. The first-order valence-electron chi connectivity index (χ1n) is 6.87. The number of nitrogens with zero attached hydrogens (tertiary/aromatic N) is 1. The summed E-state index contributed by atoms with van der Waals surface area (Å²) in [6.45, 7) is 4.43. The predicted molar refractivity (Wildman–Crippen MR) is 81.7 cm³/mol. The molecule has 4 nitrogen and oxygen atoms in total. The maximum Gasteiger partial charge on any atom is 0.313 e. The molecule has 1 aromatic heterocycles. The summed E-state index contributed by atoms with van der Waals surface area (Å²) in [6, 6.07) is 7.98. The van der Waals surface area contributed by atoms with Crippen molar-refractivity contribution in [2.45, 2.75) is 26.7 Å². The third-order valence-electron chi connectivity index (χ3n) is 3.60. The van der Waals surface area contributed by atoms with E-state index in [9.17, 15) is 4.79 Å². The molecule has 108 valence electrons. The number of hydrogen-bond donors (Lipinski definition) is 1. The molecule has 2 N–H and O–H groups in total. The second kappa shape index (κ2) is 6.33. The van der Waals surface area contributed by atoms with Crippen molar-refractivity contribution in [3.05, 3.63) is 29.3 Å². The van der Waals surface area contributed by atoms with E-state index >= 15 is 0 Å². The lowest BCUT2D eigenvalue weighted by atomic mass is 9.82. The molecule has 1 heterocycles. The van der Waals surface area contributed by atoms with Gasteiger partial charge in [-0.3, -0.25) is 4.79 Å². The first-order valence-corrected chi connectivity index (χ1v) is 7.68. The second-order valence-corrected chi connectivity index (χ2v) is 5.93. The van der Waals surface area contributed by atoms with Crippen LogP contribution in [0.3, 0.4) is 0 Å². The van der Waals surface area contributed by atoms with Gasteiger partial charge in [-0.2, -0.15) is 0 Å². The largest absolute Gasteiger partial charge is 0.466 e. The van der Waals surface area contributed by atoms with Gasteiger partial charge in [0.2, 0.25) is 0 Å². The van der Waals surface area contributed by atoms with Crippen molar-refractivity contribution in [3.8, 4) is 0 Å². The SMILES string of the molecule is CCOC(=O)C(CC)(CN)Cc1nc2ccccc2s1. The van der Waals surface area contributed by atoms with Crippen LogP contribution in [0.15, 0.2) is 24.3 Å². The van der Waals surface area contributed by atoms with Crippen LogP contribution >= 0.6 is 11.3 Å². The molecule has 1 atom stereocenters. The number of benzene rings is 1. The average Bonchev–Trinajstić information content (AvgIpc) is 2.87. The highest BCUT2D eigenvalue weighted by Gasteiger charge is 2.38. The Morgan fingerprint density at radius 2 is 2.15 bits per heavy atom. The van der Waals surface area contributed by atoms with E-state index in [1.807, 2.05) is 38.1 Å². The van der Waals surface area contributed by atoms with Gasteiger partial charge in [0.05, 0.1) is 27.2 Å². The zero-order valence-corrected chi connectivity index (χ0v) is 12.7. The standard InChI is InChI=1S/C15H20N2O2S/c1-3-15(10-16,14(18)19-4-2)9-13-17-11-7-5-6-8-12(11)20-13/h5-8H,3-4,9-10,16H2,1-2H3. The van der Waals surface area contributed by atoms with Crippen LogP contribution in [0, 0.1) is 5.41 Å². The van der Waals surface area contributed by atoms with Gasteiger partial charge in [0.1, 0.15) is 0 Å². The number of thiazole rings is 1. The van der Waals surface area contributed by atoms with E-state index in [0.29, 0.717) is 19.4 Å². The van der Waals surface area contributed by atoms with Crippen molar-refractivity contribution < 1.29 is 9.53 Å². The Morgan fingerprint density at radius 1 is 1.40 bits per heavy atom. The van der Waals surface area contributed by atoms with Gasteiger partial charge in [0.25, 0.3) is 0 Å². The Morgan fingerprint density at radius 3 is 2.75 bits per heavy atom. The first kappa shape index (κ1) is 14.9. The quantitative estimate of drug-likeness (QED) is 0.831. The van der Waals surface area contributed by atoms with Gasteiger partial charge in [-0.15, -0.1) is 11.3 Å². The highest BCUT2D eigenvalue weighted by atomic mass is 32.1. The fraction of sp³-hybridized carbons (Fsp3) is 0.467. The summed E-state index contributed by atoms with van der Waals surface area (Å²) in [5.41, 5.74) is 6.18. The molecule has 20 heavy (non-hydrogen) atoms. The summed E-state index contributed by atoms with van der Waals surface area (Å²) < 4.78 is 6.33. The number of para-hydroxylation sites is 1. The molecule has 0 saturated heterocycles. The van der Waals surface area contributed by atoms with Gasteiger partial charge in [0.15, 0.2) is 0 Å². The van der Waals surface area contributed by atoms with Crippen LogP contribution in [0.1, 0.15) is 25.3 Å². The minimum absolute atomic E-state index is 0.218. The number of rotatable bonds is 6. The maximum absolute atomic E-state index is 12.2. The molecule has 2 rings (SSSR count). The van der Waals surface area contributed by atoms with Crippen LogP contribution in [-0.4, -0.2) is 24.1 Å². The summed E-state index contributed by atoms with van der Waals surface area (Å²) in [4.78, 5) is 16.8. The molecular formula is C15H20N2O2S. The van der Waals surface area contributed by atoms with Crippen molar-refractivity contribution in [2.24, 2.45) is 11.1 Å². The minimum atomic E-state index is -0.663. The van der Waals surface area contributed by atoms with Gasteiger partial charge in [-0.25, -0.2) is 4.98 Å². The number of aromatic nitrogens is 1. The molecule has 0 spiro atoms. The van der Waals surface area contributed by atoms with Crippen molar-refractivity contribution in [1.29, 1.82) is 0 Å². The molecule has 0 bridgehead atoms. The summed E-state index contributed by atoms with van der Waals surface area (Å²) in [7, 11) is 0. The molecule has 1 aromatic carbocycles. The third-order valence-corrected chi connectivity index (χ3v) is 4.64. The molecule has 0 saturated carbocycles. The zero-order chi connectivity index (χ0) is 14.6. The molecular weight excluding hydrogens is 272 g/mol. The number of hydrogen-bond acceptors (Lipinski definition) is 5. The Labute approximate surface area is 123 Å². The molecule has 0 aliphatic rings. The normalized spacial score (nSPS) is 14.2. The van der Waals surface area contributed by atoms with Gasteiger partial charge in [-0.05, 0) is 25.5 Å². The Kier molecular flexibility index (Phi) is 4.73. The lowest BCUT2D eigenvalue weighted by molar-refractivity contribution is -0.155. The van der Waals surface area contributed by atoms with E-state index in [2.05, 4.69) is 4.98 Å². The van der Waals surface area contributed by atoms with E-state index in [4.69, 9.17) is 10.5 Å². The van der Waals surface area contributed by atoms with Crippen molar-refractivity contribution in [3.63, 3.8) is 0 Å². The van der Waals surface area contributed by atoms with Gasteiger partial charge >= 0.3 is 5.97 Å². The van der Waals surface area contributed by atoms with Gasteiger partial charge in [0, 0.05) is 13.0 Å². The van der Waals surface area contributed by atoms with Crippen molar-refractivity contribution in [2.75, 3.05) is 13.2 Å². The number of esters is 1. The smallest absolute Gasteiger partial charge is 0.313 e. The number of carbonyl (C=O) groups is 1. The average molecular weight is 292 g/mol. The Balaban J connectivity index is 2.29. The number of carbonyl (C=O) groups excluding carboxylic acids is 1. The highest BCUT2D eigenvalue weighted by Crippen LogP contribution is 2.31. The Bertz CT molecular complexity index is 557. The van der Waals surface area contributed by atoms with Crippen molar-refractivity contribution in [1.82, 2.24) is 4.98 Å². The third kappa shape index (κ3) is 2.83. The van der Waals surface area contributed by atoms with Crippen LogP contribution in [0.4, 0.5) is 0 Å². The van der Waals surface area contributed by atoms with Crippen LogP contribution in [0.5, 0.6) is 0 Å². The second-order valence-electron chi connectivity index (χ2n) is 4.81. The number of nitrogens with two attached hydrogens (primary N) is 1. The predicted octanol–water partition coefficient (Wildman–Crippen LogP) is 2.76. The monoisotopic (exact) mass is 292 g/mol. The van der Waals surface area contributed by atoms with E-state index in [0.717, 1.165) is 15.2 Å². The molecule has 0 aliphatic carbocycles. The van der Waals surface area contributed by atoms with E-state index in [-0.39, 0.29) is 12.5 Å². The van der Waals surface area contributed by atoms with Crippen LogP contribution in [0.25, 0.3) is 10.2 Å². The van der Waals surface area contributed by atoms with Crippen LogP contribution in [-0.2, 0) is 16.0 Å². The summed E-state index contributed by atoms with van der Waals surface area (Å²) in [6.07, 6.45) is 1.19. The molecule has 2 aromatic rings. The summed E-state index contributed by atoms with van der Waals surface area (Å²) >= 11 is 1.62. The van der Waals surface area contributed by atoms with E-state index < -0.39 is 5.41 Å². The lowest BCUT2D eigenvalue weighted by Crippen LogP contribution is -2.41. The van der Waals surface area contributed by atoms with Crippen LogP contribution < -0.4 is 5.73 Å². The maximum atomic E-state index is 12.2. The molecule has 0 fully saturated rings. The van der Waals surface area contributed by atoms with E-state index in [1.165, 1.54) is 0 Å².